The van der Waals surface area contributed by atoms with Gasteiger partial charge in [0.15, 0.2) is 0 Å². The van der Waals surface area contributed by atoms with E-state index in [1.807, 2.05) is 50.4 Å². The molecule has 4 nitrogen and oxygen atoms in total. The van der Waals surface area contributed by atoms with Crippen molar-refractivity contribution in [1.82, 2.24) is 5.32 Å². The average Bonchev–Trinajstić information content (AvgIpc) is 2.41. The molecule has 0 saturated heterocycles. The van der Waals surface area contributed by atoms with Crippen LogP contribution in [0.3, 0.4) is 0 Å². The van der Waals surface area contributed by atoms with Gasteiger partial charge >= 0.3 is 0 Å². The first kappa shape index (κ1) is 14.1. The third kappa shape index (κ3) is 3.36. The molecular formula is C16H18N2O2. The number of nitrogens with one attached hydrogen (secondary N) is 1. The number of rotatable bonds is 5. The third-order valence-corrected chi connectivity index (χ3v) is 2.93. The molecule has 3 N–H and O–H groups in total. The predicted octanol–water partition coefficient (Wildman–Crippen LogP) is 2.61. The highest BCUT2D eigenvalue weighted by molar-refractivity contribution is 5.95. The standard InChI is InChI=1S/C16H18N2O2/c1-11-3-8-14(16(17)19)15(9-11)20-13-6-4-12(5-7-13)10-18-2/h3-9,18H,10H2,1-2H3,(H2,17,19). The van der Waals surface area contributed by atoms with Crippen LogP contribution in [0.5, 0.6) is 11.5 Å². The number of carbonyl (C=O) groups excluding carboxylic acids is 1. The van der Waals surface area contributed by atoms with E-state index >= 15 is 0 Å². The van der Waals surface area contributed by atoms with Gasteiger partial charge in [-0.2, -0.15) is 0 Å². The van der Waals surface area contributed by atoms with Crippen molar-refractivity contribution in [3.05, 3.63) is 59.2 Å². The van der Waals surface area contributed by atoms with Gasteiger partial charge < -0.3 is 15.8 Å². The monoisotopic (exact) mass is 270 g/mol. The molecule has 0 aromatic heterocycles. The van der Waals surface area contributed by atoms with E-state index in [0.717, 1.165) is 12.1 Å². The molecule has 104 valence electrons. The summed E-state index contributed by atoms with van der Waals surface area (Å²) in [7, 11) is 1.90. The molecule has 2 rings (SSSR count). The van der Waals surface area contributed by atoms with Crippen LogP contribution < -0.4 is 15.8 Å². The highest BCUT2D eigenvalue weighted by atomic mass is 16.5. The third-order valence-electron chi connectivity index (χ3n) is 2.93. The van der Waals surface area contributed by atoms with Crippen LogP contribution in [0, 0.1) is 6.92 Å². The number of carbonyl (C=O) groups is 1. The second kappa shape index (κ2) is 6.21. The van der Waals surface area contributed by atoms with Crippen LogP contribution in [0.1, 0.15) is 21.5 Å². The lowest BCUT2D eigenvalue weighted by Gasteiger charge is -2.10. The van der Waals surface area contributed by atoms with Gasteiger partial charge in [0.1, 0.15) is 11.5 Å². The lowest BCUT2D eigenvalue weighted by atomic mass is 10.1. The van der Waals surface area contributed by atoms with Crippen LogP contribution in [0.25, 0.3) is 0 Å². The van der Waals surface area contributed by atoms with Crippen molar-refractivity contribution in [2.24, 2.45) is 5.73 Å². The zero-order valence-electron chi connectivity index (χ0n) is 11.6. The maximum absolute atomic E-state index is 11.4. The predicted molar refractivity (Wildman–Crippen MR) is 79.0 cm³/mol. The minimum absolute atomic E-state index is 0.384. The Labute approximate surface area is 118 Å². The van der Waals surface area contributed by atoms with E-state index in [2.05, 4.69) is 5.32 Å². The van der Waals surface area contributed by atoms with E-state index in [9.17, 15) is 4.79 Å². The summed E-state index contributed by atoms with van der Waals surface area (Å²) in [4.78, 5) is 11.4. The van der Waals surface area contributed by atoms with Crippen LogP contribution >= 0.6 is 0 Å². The highest BCUT2D eigenvalue weighted by Crippen LogP contribution is 2.26. The molecule has 0 fully saturated rings. The van der Waals surface area contributed by atoms with Gasteiger partial charge in [0.25, 0.3) is 5.91 Å². The number of benzene rings is 2. The van der Waals surface area contributed by atoms with Gasteiger partial charge in [-0.3, -0.25) is 4.79 Å². The van der Waals surface area contributed by atoms with Crippen LogP contribution in [0.2, 0.25) is 0 Å². The van der Waals surface area contributed by atoms with Crippen LogP contribution in [0.4, 0.5) is 0 Å². The SMILES string of the molecule is CNCc1ccc(Oc2cc(C)ccc2C(N)=O)cc1. The summed E-state index contributed by atoms with van der Waals surface area (Å²) in [5, 5.41) is 3.08. The summed E-state index contributed by atoms with van der Waals surface area (Å²) < 4.78 is 5.76. The Morgan fingerprint density at radius 1 is 1.20 bits per heavy atom. The van der Waals surface area contributed by atoms with Gasteiger partial charge in [-0.1, -0.05) is 18.2 Å². The molecular weight excluding hydrogens is 252 g/mol. The molecule has 0 saturated carbocycles. The molecule has 0 bridgehead atoms. The molecule has 0 spiro atoms. The van der Waals surface area contributed by atoms with Crippen molar-refractivity contribution in [2.75, 3.05) is 7.05 Å². The van der Waals surface area contributed by atoms with Gasteiger partial charge in [0.05, 0.1) is 5.56 Å². The van der Waals surface area contributed by atoms with E-state index in [4.69, 9.17) is 10.5 Å². The van der Waals surface area contributed by atoms with E-state index in [-0.39, 0.29) is 0 Å². The molecule has 1 amide bonds. The van der Waals surface area contributed by atoms with E-state index in [1.54, 1.807) is 6.07 Å². The molecule has 20 heavy (non-hydrogen) atoms. The number of amides is 1. The number of ether oxygens (including phenoxy) is 1. The second-order valence-electron chi connectivity index (χ2n) is 4.64. The number of aryl methyl sites for hydroxylation is 1. The Kier molecular flexibility index (Phi) is 4.38. The maximum atomic E-state index is 11.4. The van der Waals surface area contributed by atoms with E-state index < -0.39 is 5.91 Å². The van der Waals surface area contributed by atoms with E-state index in [0.29, 0.717) is 17.1 Å². The maximum Gasteiger partial charge on any atom is 0.252 e. The Morgan fingerprint density at radius 2 is 1.90 bits per heavy atom. The molecule has 0 aliphatic heterocycles. The van der Waals surface area contributed by atoms with Crippen molar-refractivity contribution < 1.29 is 9.53 Å². The lowest BCUT2D eigenvalue weighted by molar-refractivity contribution is 0.0998. The van der Waals surface area contributed by atoms with E-state index in [1.165, 1.54) is 5.56 Å². The smallest absolute Gasteiger partial charge is 0.252 e. The van der Waals surface area contributed by atoms with Gasteiger partial charge in [-0.15, -0.1) is 0 Å². The first-order valence-electron chi connectivity index (χ1n) is 6.42. The molecule has 0 radical (unpaired) electrons. The van der Waals surface area contributed by atoms with Gasteiger partial charge in [-0.05, 0) is 49.4 Å². The Morgan fingerprint density at radius 3 is 2.50 bits per heavy atom. The van der Waals surface area contributed by atoms with Crippen molar-refractivity contribution in [3.63, 3.8) is 0 Å². The lowest BCUT2D eigenvalue weighted by Crippen LogP contribution is -2.12. The topological polar surface area (TPSA) is 64.3 Å². The minimum atomic E-state index is -0.494. The number of primary amides is 1. The molecule has 0 aliphatic rings. The number of hydrogen-bond acceptors (Lipinski definition) is 3. The summed E-state index contributed by atoms with van der Waals surface area (Å²) in [5.74, 6) is 0.670. The van der Waals surface area contributed by atoms with Gasteiger partial charge in [0, 0.05) is 6.54 Å². The summed E-state index contributed by atoms with van der Waals surface area (Å²) in [6, 6.07) is 13.0. The van der Waals surface area contributed by atoms with Crippen LogP contribution in [-0.2, 0) is 6.54 Å². The van der Waals surface area contributed by atoms with Crippen LogP contribution in [0.15, 0.2) is 42.5 Å². The quantitative estimate of drug-likeness (QED) is 0.877. The number of hydrogen-bond donors (Lipinski definition) is 2. The fourth-order valence-corrected chi connectivity index (χ4v) is 1.92. The van der Waals surface area contributed by atoms with Crippen molar-refractivity contribution in [1.29, 1.82) is 0 Å². The average molecular weight is 270 g/mol. The zero-order valence-corrected chi connectivity index (χ0v) is 11.6. The molecule has 0 unspecified atom stereocenters. The van der Waals surface area contributed by atoms with Gasteiger partial charge in [0.2, 0.25) is 0 Å². The summed E-state index contributed by atoms with van der Waals surface area (Å²) in [5.41, 5.74) is 7.92. The zero-order chi connectivity index (χ0) is 14.5. The summed E-state index contributed by atoms with van der Waals surface area (Å²) in [6.07, 6.45) is 0. The Balaban J connectivity index is 2.25. The Hall–Kier alpha value is -2.33. The summed E-state index contributed by atoms with van der Waals surface area (Å²) in [6.45, 7) is 2.74. The first-order valence-corrected chi connectivity index (χ1v) is 6.42. The Bertz CT molecular complexity index is 606. The fourth-order valence-electron chi connectivity index (χ4n) is 1.92. The molecule has 2 aromatic carbocycles. The van der Waals surface area contributed by atoms with Gasteiger partial charge in [-0.25, -0.2) is 0 Å². The second-order valence-corrected chi connectivity index (χ2v) is 4.64. The fraction of sp³-hybridized carbons (Fsp3) is 0.188. The molecule has 4 heteroatoms. The minimum Gasteiger partial charge on any atom is -0.457 e. The van der Waals surface area contributed by atoms with Crippen molar-refractivity contribution >= 4 is 5.91 Å². The molecule has 2 aromatic rings. The number of nitrogens with two attached hydrogens (primary N) is 1. The summed E-state index contributed by atoms with van der Waals surface area (Å²) >= 11 is 0. The van der Waals surface area contributed by atoms with Crippen LogP contribution in [-0.4, -0.2) is 13.0 Å². The molecule has 0 heterocycles. The first-order chi connectivity index (χ1) is 9.60. The van der Waals surface area contributed by atoms with Crippen molar-refractivity contribution in [3.8, 4) is 11.5 Å². The largest absolute Gasteiger partial charge is 0.457 e. The molecule has 0 atom stereocenters. The van der Waals surface area contributed by atoms with Crippen molar-refractivity contribution in [2.45, 2.75) is 13.5 Å². The highest BCUT2D eigenvalue weighted by Gasteiger charge is 2.10. The molecule has 0 aliphatic carbocycles. The normalized spacial score (nSPS) is 10.3.